The monoisotopic (exact) mass is 232 g/mol. The molecule has 6 heteroatoms. The fourth-order valence-corrected chi connectivity index (χ4v) is 1.34. The summed E-state index contributed by atoms with van der Waals surface area (Å²) in [6, 6.07) is 2.31. The Balaban J connectivity index is 2.78. The van der Waals surface area contributed by atoms with Gasteiger partial charge in [-0.2, -0.15) is 0 Å². The van der Waals surface area contributed by atoms with E-state index in [-0.39, 0.29) is 5.56 Å². The first-order valence-electron chi connectivity index (χ1n) is 4.65. The number of aromatic hydroxyl groups is 3. The minimum atomic E-state index is -0.898. The second-order valence-corrected chi connectivity index (χ2v) is 3.28. The molecule has 1 aromatic carbocycles. The molecule has 0 unspecified atom stereocenters. The third-order valence-electron chi connectivity index (χ3n) is 2.21. The summed E-state index contributed by atoms with van der Waals surface area (Å²) in [6.45, 7) is 0. The summed E-state index contributed by atoms with van der Waals surface area (Å²) >= 11 is 0. The smallest absolute Gasteiger partial charge is 0.224 e. The highest BCUT2D eigenvalue weighted by Crippen LogP contribution is 2.38. The summed E-state index contributed by atoms with van der Waals surface area (Å²) in [5, 5.41) is 28.4. The van der Waals surface area contributed by atoms with E-state index >= 15 is 0 Å². The lowest BCUT2D eigenvalue weighted by molar-refractivity contribution is 0.369. The minimum absolute atomic E-state index is 0.153. The summed E-state index contributed by atoms with van der Waals surface area (Å²) in [7, 11) is 0. The van der Waals surface area contributed by atoms with Gasteiger partial charge in [-0.3, -0.25) is 4.79 Å². The lowest BCUT2D eigenvalue weighted by Crippen LogP contribution is -1.92. The molecule has 0 bridgehead atoms. The molecule has 0 spiro atoms. The molecular weight excluding hydrogens is 224 g/mol. The molecule has 0 saturated heterocycles. The Morgan fingerprint density at radius 2 is 1.53 bits per heavy atom. The van der Waals surface area contributed by atoms with Crippen LogP contribution in [-0.2, 0) is 0 Å². The van der Waals surface area contributed by atoms with Crippen molar-refractivity contribution in [3.05, 3.63) is 41.1 Å². The predicted octanol–water partition coefficient (Wildman–Crippen LogP) is 0.621. The van der Waals surface area contributed by atoms with Crippen molar-refractivity contribution in [2.24, 2.45) is 0 Å². The molecule has 1 aromatic heterocycles. The van der Waals surface area contributed by atoms with E-state index in [4.69, 9.17) is 0 Å². The van der Waals surface area contributed by atoms with Crippen LogP contribution in [0.3, 0.4) is 0 Å². The van der Waals surface area contributed by atoms with E-state index in [9.17, 15) is 20.1 Å². The molecular formula is C11H8N2O4. The number of rotatable bonds is 1. The van der Waals surface area contributed by atoms with Crippen LogP contribution in [0.25, 0.3) is 11.1 Å². The van der Waals surface area contributed by atoms with Gasteiger partial charge in [-0.25, -0.2) is 9.97 Å². The zero-order valence-corrected chi connectivity index (χ0v) is 8.53. The van der Waals surface area contributed by atoms with Crippen LogP contribution in [0.2, 0.25) is 0 Å². The second kappa shape index (κ2) is 4.09. The van der Waals surface area contributed by atoms with Crippen LogP contribution in [0, 0.1) is 0 Å². The second-order valence-electron chi connectivity index (χ2n) is 3.28. The van der Waals surface area contributed by atoms with Crippen molar-refractivity contribution in [3.8, 4) is 28.4 Å². The third kappa shape index (κ3) is 1.87. The summed E-state index contributed by atoms with van der Waals surface area (Å²) < 4.78 is 0. The lowest BCUT2D eigenvalue weighted by atomic mass is 10.1. The van der Waals surface area contributed by atoms with E-state index in [1.165, 1.54) is 24.8 Å². The van der Waals surface area contributed by atoms with Gasteiger partial charge in [0.05, 0.1) is 0 Å². The van der Waals surface area contributed by atoms with Gasteiger partial charge in [0, 0.05) is 23.5 Å². The van der Waals surface area contributed by atoms with Crippen molar-refractivity contribution >= 4 is 0 Å². The molecule has 17 heavy (non-hydrogen) atoms. The van der Waals surface area contributed by atoms with Crippen molar-refractivity contribution < 1.29 is 15.3 Å². The molecule has 0 fully saturated rings. The zero-order valence-electron chi connectivity index (χ0n) is 8.53. The van der Waals surface area contributed by atoms with Gasteiger partial charge in [0.1, 0.15) is 6.33 Å². The van der Waals surface area contributed by atoms with Crippen LogP contribution >= 0.6 is 0 Å². The topological polar surface area (TPSA) is 104 Å². The molecule has 0 saturated carbocycles. The molecule has 0 atom stereocenters. The van der Waals surface area contributed by atoms with Gasteiger partial charge in [-0.05, 0) is 12.1 Å². The average molecular weight is 232 g/mol. The first-order chi connectivity index (χ1) is 8.11. The lowest BCUT2D eigenvalue weighted by Gasteiger charge is -2.01. The van der Waals surface area contributed by atoms with E-state index < -0.39 is 22.7 Å². The first kappa shape index (κ1) is 10.9. The van der Waals surface area contributed by atoms with Gasteiger partial charge < -0.3 is 15.3 Å². The van der Waals surface area contributed by atoms with E-state index in [1.54, 1.807) is 0 Å². The Hall–Kier alpha value is -2.63. The van der Waals surface area contributed by atoms with Crippen molar-refractivity contribution in [1.29, 1.82) is 0 Å². The number of hydrogen-bond acceptors (Lipinski definition) is 6. The highest BCUT2D eigenvalue weighted by Gasteiger charge is 2.13. The standard InChI is InChI=1S/C11H8N2O4/c14-8-2-1-7(6-3-12-5-13-4-6)9(15)11(17)10(8)16/h1-5H,(H3,14,15,16,17). The van der Waals surface area contributed by atoms with Gasteiger partial charge in [0.2, 0.25) is 16.9 Å². The van der Waals surface area contributed by atoms with Crippen LogP contribution in [0.5, 0.6) is 17.2 Å². The summed E-state index contributed by atoms with van der Waals surface area (Å²) in [5.74, 6) is -2.36. The fourth-order valence-electron chi connectivity index (χ4n) is 1.34. The maximum atomic E-state index is 11.2. The Bertz CT molecular complexity index is 614. The number of hydrogen-bond donors (Lipinski definition) is 3. The average Bonchev–Trinajstić information content (AvgIpc) is 2.45. The summed E-state index contributed by atoms with van der Waals surface area (Å²) in [5.41, 5.74) is -0.225. The molecule has 0 amide bonds. The van der Waals surface area contributed by atoms with E-state index in [1.807, 2.05) is 0 Å². The van der Waals surface area contributed by atoms with Gasteiger partial charge in [-0.15, -0.1) is 0 Å². The molecule has 86 valence electrons. The zero-order chi connectivity index (χ0) is 12.4. The molecule has 0 aliphatic rings. The van der Waals surface area contributed by atoms with Crippen molar-refractivity contribution in [2.45, 2.75) is 0 Å². The molecule has 0 aliphatic heterocycles. The van der Waals surface area contributed by atoms with E-state index in [0.717, 1.165) is 6.07 Å². The maximum Gasteiger partial charge on any atom is 0.224 e. The Morgan fingerprint density at radius 1 is 0.882 bits per heavy atom. The molecule has 2 rings (SSSR count). The quantitative estimate of drug-likeness (QED) is 0.665. The van der Waals surface area contributed by atoms with Crippen LogP contribution in [0.15, 0.2) is 35.6 Å². The predicted molar refractivity (Wildman–Crippen MR) is 58.7 cm³/mol. The molecule has 6 nitrogen and oxygen atoms in total. The van der Waals surface area contributed by atoms with E-state index in [2.05, 4.69) is 9.97 Å². The molecule has 0 radical (unpaired) electrons. The van der Waals surface area contributed by atoms with Crippen LogP contribution in [-0.4, -0.2) is 25.3 Å². The summed E-state index contributed by atoms with van der Waals surface area (Å²) in [4.78, 5) is 18.7. The van der Waals surface area contributed by atoms with Gasteiger partial charge in [0.15, 0.2) is 5.75 Å². The Kier molecular flexibility index (Phi) is 2.61. The summed E-state index contributed by atoms with van der Waals surface area (Å²) in [6.07, 6.45) is 4.12. The Labute approximate surface area is 95.5 Å². The SMILES string of the molecule is O=c1ccc(-c2cncnc2)c(O)c(O)c1O. The van der Waals surface area contributed by atoms with Crippen molar-refractivity contribution in [2.75, 3.05) is 0 Å². The van der Waals surface area contributed by atoms with Gasteiger partial charge in [-0.1, -0.05) is 0 Å². The Morgan fingerprint density at radius 3 is 2.18 bits per heavy atom. The number of aromatic nitrogens is 2. The largest absolute Gasteiger partial charge is 0.504 e. The molecule has 2 aromatic rings. The van der Waals surface area contributed by atoms with E-state index in [0.29, 0.717) is 5.56 Å². The highest BCUT2D eigenvalue weighted by atomic mass is 16.3. The van der Waals surface area contributed by atoms with Crippen LogP contribution in [0.1, 0.15) is 0 Å². The number of nitrogens with zero attached hydrogens (tertiary/aromatic N) is 2. The first-order valence-corrected chi connectivity index (χ1v) is 4.65. The van der Waals surface area contributed by atoms with Crippen molar-refractivity contribution in [3.63, 3.8) is 0 Å². The molecule has 3 N–H and O–H groups in total. The van der Waals surface area contributed by atoms with Gasteiger partial charge in [0.25, 0.3) is 0 Å². The highest BCUT2D eigenvalue weighted by molar-refractivity contribution is 5.72. The molecule has 0 aliphatic carbocycles. The van der Waals surface area contributed by atoms with Gasteiger partial charge >= 0.3 is 0 Å². The minimum Gasteiger partial charge on any atom is -0.504 e. The third-order valence-corrected chi connectivity index (χ3v) is 2.21. The molecule has 1 heterocycles. The van der Waals surface area contributed by atoms with Crippen LogP contribution in [0.4, 0.5) is 0 Å². The normalized spacial score (nSPS) is 10.1. The maximum absolute atomic E-state index is 11.2. The van der Waals surface area contributed by atoms with Crippen LogP contribution < -0.4 is 5.43 Å². The van der Waals surface area contributed by atoms with Crippen molar-refractivity contribution in [1.82, 2.24) is 9.97 Å². The fraction of sp³-hybridized carbons (Fsp3) is 0.